The number of aromatic nitrogens is 5. The lowest BCUT2D eigenvalue weighted by Crippen LogP contribution is -2.21. The Kier molecular flexibility index (Phi) is 3.58. The number of amides is 1. The van der Waals surface area contributed by atoms with Crippen molar-refractivity contribution in [3.63, 3.8) is 0 Å². The van der Waals surface area contributed by atoms with Gasteiger partial charge in [-0.15, -0.1) is 5.10 Å². The van der Waals surface area contributed by atoms with E-state index in [1.54, 1.807) is 36.3 Å². The van der Waals surface area contributed by atoms with Crippen molar-refractivity contribution in [1.82, 2.24) is 30.3 Å². The maximum atomic E-state index is 12.2. The number of hydrogen-bond acceptors (Lipinski definition) is 7. The Labute approximate surface area is 148 Å². The molecule has 2 heterocycles. The number of hydrogen-bond donors (Lipinski definition) is 2. The van der Waals surface area contributed by atoms with Crippen LogP contribution in [0.5, 0.6) is 5.75 Å². The monoisotopic (exact) mass is 342 g/mol. The highest BCUT2D eigenvalue weighted by atomic mass is 16.5. The molecule has 0 radical (unpaired) electrons. The molecule has 3 aromatic rings. The second-order valence-corrected chi connectivity index (χ2v) is 5.00. The van der Waals surface area contributed by atoms with E-state index in [2.05, 4.69) is 25.6 Å². The van der Waals surface area contributed by atoms with Gasteiger partial charge in [-0.3, -0.25) is 9.48 Å². The van der Waals surface area contributed by atoms with E-state index in [9.17, 15) is 4.79 Å². The van der Waals surface area contributed by atoms with Crippen molar-refractivity contribution in [2.75, 3.05) is 19.4 Å². The van der Waals surface area contributed by atoms with Gasteiger partial charge in [-0.25, -0.2) is 4.98 Å². The van der Waals surface area contributed by atoms with Crippen molar-refractivity contribution in [2.24, 2.45) is 7.05 Å². The van der Waals surface area contributed by atoms with E-state index in [1.165, 1.54) is 19.4 Å². The summed E-state index contributed by atoms with van der Waals surface area (Å²) in [6.07, 6.45) is 2.95. The highest BCUT2D eigenvalue weighted by Crippen LogP contribution is 2.36. The second kappa shape index (κ2) is 6.95. The highest BCUT2D eigenvalue weighted by molar-refractivity contribution is 5.98. The summed E-state index contributed by atoms with van der Waals surface area (Å²) in [5, 5.41) is 16.6. The van der Waals surface area contributed by atoms with E-state index < -0.39 is 12.9 Å². The fourth-order valence-electron chi connectivity index (χ4n) is 2.30. The lowest BCUT2D eigenvalue weighted by Gasteiger charge is -2.15. The Morgan fingerprint density at radius 3 is 2.92 bits per heavy atom. The number of anilines is 2. The first-order valence-corrected chi connectivity index (χ1v) is 7.23. The Balaban J connectivity index is 1.98. The van der Waals surface area contributed by atoms with Crippen LogP contribution in [-0.2, 0) is 7.05 Å². The summed E-state index contributed by atoms with van der Waals surface area (Å²) in [5.41, 5.74) is 1.26. The highest BCUT2D eigenvalue weighted by Gasteiger charge is 2.17. The summed E-state index contributed by atoms with van der Waals surface area (Å²) in [4.78, 5) is 16.5. The summed E-state index contributed by atoms with van der Waals surface area (Å²) in [7, 11) is 3.25. The summed E-state index contributed by atoms with van der Waals surface area (Å²) in [6, 6.07) is 6.81. The van der Waals surface area contributed by atoms with Crippen LogP contribution in [0, 0.1) is 0 Å². The van der Waals surface area contributed by atoms with Crippen molar-refractivity contribution in [3.05, 3.63) is 42.5 Å². The minimum atomic E-state index is -2.64. The van der Waals surface area contributed by atoms with Crippen LogP contribution in [-0.4, -0.2) is 45.0 Å². The van der Waals surface area contributed by atoms with Gasteiger partial charge >= 0.3 is 0 Å². The zero-order chi connectivity index (χ0) is 20.3. The van der Waals surface area contributed by atoms with E-state index in [4.69, 9.17) is 8.85 Å². The third-order valence-electron chi connectivity index (χ3n) is 3.38. The first-order chi connectivity index (χ1) is 13.3. The van der Waals surface area contributed by atoms with Gasteiger partial charge in [0.25, 0.3) is 5.91 Å². The van der Waals surface area contributed by atoms with Gasteiger partial charge in [0.1, 0.15) is 6.33 Å². The zero-order valence-electron chi connectivity index (χ0n) is 16.5. The average molecular weight is 342 g/mol. The first kappa shape index (κ1) is 12.9. The van der Waals surface area contributed by atoms with E-state index >= 15 is 0 Å². The fraction of sp³-hybridized carbons (Fsp3) is 0.188. The maximum absolute atomic E-state index is 12.2. The number of methoxy groups -OCH3 is 1. The number of nitrogens with zero attached hydrogens (tertiary/aromatic N) is 5. The van der Waals surface area contributed by atoms with E-state index in [-0.39, 0.29) is 11.4 Å². The van der Waals surface area contributed by atoms with E-state index in [0.717, 1.165) is 0 Å². The van der Waals surface area contributed by atoms with Crippen LogP contribution < -0.4 is 15.4 Å². The predicted octanol–water partition coefficient (Wildman–Crippen LogP) is 1.38. The average Bonchev–Trinajstić information content (AvgIpc) is 3.06. The largest absolute Gasteiger partial charge is 0.494 e. The molecule has 0 atom stereocenters. The molecule has 9 nitrogen and oxygen atoms in total. The number of aryl methyl sites for hydroxylation is 1. The van der Waals surface area contributed by atoms with Crippen molar-refractivity contribution in [3.8, 4) is 17.1 Å². The van der Waals surface area contributed by atoms with Crippen molar-refractivity contribution in [2.45, 2.75) is 0 Å². The van der Waals surface area contributed by atoms with Gasteiger partial charge in [0.05, 0.1) is 30.2 Å². The number of benzene rings is 1. The molecular formula is C16H17N7O2. The third kappa shape index (κ3) is 3.25. The Morgan fingerprint density at radius 1 is 1.32 bits per heavy atom. The van der Waals surface area contributed by atoms with Gasteiger partial charge in [-0.2, -0.15) is 10.2 Å². The minimum absolute atomic E-state index is 0.165. The van der Waals surface area contributed by atoms with E-state index in [0.29, 0.717) is 22.8 Å². The molecule has 0 aliphatic carbocycles. The molecule has 0 bridgehead atoms. The number of rotatable bonds is 5. The molecular weight excluding hydrogens is 322 g/mol. The fourth-order valence-corrected chi connectivity index (χ4v) is 2.30. The quantitative estimate of drug-likeness (QED) is 0.721. The number of para-hydroxylation sites is 1. The number of nitrogens with one attached hydrogen (secondary N) is 2. The van der Waals surface area contributed by atoms with Crippen LogP contribution in [0.3, 0.4) is 0 Å². The lowest BCUT2D eigenvalue weighted by molar-refractivity contribution is 0.0958. The Bertz CT molecular complexity index is 1000. The maximum Gasteiger partial charge on any atom is 0.273 e. The first-order valence-electron chi connectivity index (χ1n) is 8.73. The predicted molar refractivity (Wildman–Crippen MR) is 91.7 cm³/mol. The van der Waals surface area contributed by atoms with Crippen LogP contribution in [0.25, 0.3) is 11.4 Å². The van der Waals surface area contributed by atoms with Gasteiger partial charge in [0, 0.05) is 18.1 Å². The number of carbonyl (C=O) groups excluding carboxylic acids is 1. The topological polar surface area (TPSA) is 107 Å². The SMILES string of the molecule is [2H]C([2H])([2H])NC(=O)c1nnccc1Nc1cccc(-c2ncn(C)n2)c1OC. The molecule has 2 N–H and O–H groups in total. The molecule has 0 saturated carbocycles. The molecule has 0 aliphatic rings. The Morgan fingerprint density at radius 2 is 2.20 bits per heavy atom. The zero-order valence-corrected chi connectivity index (χ0v) is 13.5. The molecule has 1 amide bonds. The molecule has 128 valence electrons. The smallest absolute Gasteiger partial charge is 0.273 e. The van der Waals surface area contributed by atoms with Crippen LogP contribution in [0.1, 0.15) is 14.6 Å². The molecule has 0 aliphatic heterocycles. The van der Waals surface area contributed by atoms with Crippen molar-refractivity contribution < 1.29 is 13.6 Å². The van der Waals surface area contributed by atoms with Gasteiger partial charge in [0.15, 0.2) is 17.3 Å². The summed E-state index contributed by atoms with van der Waals surface area (Å²) < 4.78 is 28.7. The molecule has 0 unspecified atom stereocenters. The molecule has 3 rings (SSSR count). The molecule has 0 fully saturated rings. The minimum Gasteiger partial charge on any atom is -0.494 e. The lowest BCUT2D eigenvalue weighted by atomic mass is 10.1. The molecule has 1 aromatic carbocycles. The summed E-state index contributed by atoms with van der Waals surface area (Å²) >= 11 is 0. The molecule has 0 spiro atoms. The number of carbonyl (C=O) groups is 1. The molecule has 9 heteroatoms. The van der Waals surface area contributed by atoms with Crippen LogP contribution in [0.15, 0.2) is 36.8 Å². The van der Waals surface area contributed by atoms with Crippen molar-refractivity contribution >= 4 is 17.3 Å². The Hall–Kier alpha value is -3.49. The third-order valence-corrected chi connectivity index (χ3v) is 3.38. The van der Waals surface area contributed by atoms with Gasteiger partial charge in [-0.1, -0.05) is 6.07 Å². The number of ether oxygens (including phenoxy) is 1. The summed E-state index contributed by atoms with van der Waals surface area (Å²) in [6.45, 7) is -2.64. The van der Waals surface area contributed by atoms with Gasteiger partial charge in [-0.05, 0) is 18.2 Å². The van der Waals surface area contributed by atoms with Crippen LogP contribution >= 0.6 is 0 Å². The molecule has 25 heavy (non-hydrogen) atoms. The van der Waals surface area contributed by atoms with Gasteiger partial charge < -0.3 is 15.4 Å². The molecule has 0 saturated heterocycles. The van der Waals surface area contributed by atoms with E-state index in [1.807, 2.05) is 5.32 Å². The normalized spacial score (nSPS) is 12.6. The molecule has 2 aromatic heterocycles. The summed E-state index contributed by atoms with van der Waals surface area (Å²) in [5.74, 6) is 0.0426. The van der Waals surface area contributed by atoms with Crippen LogP contribution in [0.4, 0.5) is 11.4 Å². The van der Waals surface area contributed by atoms with Crippen molar-refractivity contribution in [1.29, 1.82) is 0 Å². The van der Waals surface area contributed by atoms with Crippen LogP contribution in [0.2, 0.25) is 0 Å². The van der Waals surface area contributed by atoms with Gasteiger partial charge in [0.2, 0.25) is 0 Å². The second-order valence-electron chi connectivity index (χ2n) is 5.00. The standard InChI is InChI=1S/C16H17N7O2/c1-17-16(24)13-11(7-8-19-21-13)20-12-6-4-5-10(14(12)25-3)15-18-9-23(2)22-15/h4-9H,1-3H3,(H,17,24)(H,19,20)/i1D3.